The van der Waals surface area contributed by atoms with E-state index in [9.17, 15) is 9.59 Å². The van der Waals surface area contributed by atoms with Crippen molar-refractivity contribution in [3.8, 4) is 0 Å². The fourth-order valence-corrected chi connectivity index (χ4v) is 1.70. The van der Waals surface area contributed by atoms with Gasteiger partial charge in [-0.15, -0.1) is 0 Å². The van der Waals surface area contributed by atoms with Crippen LogP contribution in [0.1, 0.15) is 27.7 Å². The van der Waals surface area contributed by atoms with Crippen LogP contribution in [0.2, 0.25) is 0 Å². The van der Waals surface area contributed by atoms with E-state index < -0.39 is 17.7 Å². The molecule has 1 atom stereocenters. The number of amides is 1. The zero-order valence-electron chi connectivity index (χ0n) is 14.0. The molecule has 1 N–H and O–H groups in total. The summed E-state index contributed by atoms with van der Waals surface area (Å²) in [4.78, 5) is 24.8. The molecule has 6 heteroatoms. The van der Waals surface area contributed by atoms with E-state index in [1.165, 1.54) is 12.0 Å². The molecular weight excluding hydrogens is 284 g/mol. The molecule has 0 aliphatic carbocycles. The van der Waals surface area contributed by atoms with Gasteiger partial charge in [0.15, 0.2) is 0 Å². The van der Waals surface area contributed by atoms with Crippen molar-refractivity contribution in [3.05, 3.63) is 24.3 Å². The van der Waals surface area contributed by atoms with E-state index in [0.29, 0.717) is 5.69 Å². The minimum atomic E-state index is -0.539. The molecule has 0 saturated carbocycles. The molecule has 0 aliphatic rings. The number of methoxy groups -OCH3 is 1. The van der Waals surface area contributed by atoms with Gasteiger partial charge in [0.1, 0.15) is 11.6 Å². The molecule has 6 nitrogen and oxygen atoms in total. The summed E-state index contributed by atoms with van der Waals surface area (Å²) >= 11 is 0. The van der Waals surface area contributed by atoms with E-state index in [1.54, 1.807) is 38.2 Å². The number of hydrogen-bond donors (Lipinski definition) is 1. The summed E-state index contributed by atoms with van der Waals surface area (Å²) in [5.41, 5.74) is 0.924. The van der Waals surface area contributed by atoms with E-state index in [4.69, 9.17) is 4.74 Å². The van der Waals surface area contributed by atoms with Gasteiger partial charge in [-0.3, -0.25) is 4.90 Å². The quantitative estimate of drug-likeness (QED) is 0.866. The highest BCUT2D eigenvalue weighted by Crippen LogP contribution is 2.20. The third kappa shape index (κ3) is 5.27. The Morgan fingerprint density at radius 2 is 1.73 bits per heavy atom. The van der Waals surface area contributed by atoms with Crippen molar-refractivity contribution in [2.24, 2.45) is 0 Å². The summed E-state index contributed by atoms with van der Waals surface area (Å²) in [5, 5.41) is 3.02. The van der Waals surface area contributed by atoms with E-state index in [1.807, 2.05) is 20.8 Å². The van der Waals surface area contributed by atoms with Gasteiger partial charge in [-0.05, 0) is 52.0 Å². The van der Waals surface area contributed by atoms with Crippen LogP contribution in [0.3, 0.4) is 0 Å². The molecule has 0 radical (unpaired) electrons. The second-order valence-corrected chi connectivity index (χ2v) is 5.98. The lowest BCUT2D eigenvalue weighted by Gasteiger charge is -2.24. The lowest BCUT2D eigenvalue weighted by Crippen LogP contribution is -2.34. The lowest BCUT2D eigenvalue weighted by atomic mass is 10.2. The van der Waals surface area contributed by atoms with Gasteiger partial charge in [0.05, 0.1) is 7.11 Å². The van der Waals surface area contributed by atoms with Crippen LogP contribution in [0.4, 0.5) is 16.2 Å². The predicted molar refractivity (Wildman–Crippen MR) is 86.2 cm³/mol. The maximum absolute atomic E-state index is 12.0. The van der Waals surface area contributed by atoms with Gasteiger partial charge in [-0.25, -0.2) is 9.59 Å². The van der Waals surface area contributed by atoms with E-state index >= 15 is 0 Å². The zero-order chi connectivity index (χ0) is 16.9. The van der Waals surface area contributed by atoms with Crippen molar-refractivity contribution in [1.29, 1.82) is 0 Å². The lowest BCUT2D eigenvalue weighted by molar-refractivity contribution is -0.141. The Hall–Kier alpha value is -2.24. The molecule has 0 aliphatic heterocycles. The number of rotatable bonds is 4. The summed E-state index contributed by atoms with van der Waals surface area (Å²) < 4.78 is 9.96. The van der Waals surface area contributed by atoms with Crippen LogP contribution in [0.15, 0.2) is 24.3 Å². The maximum atomic E-state index is 12.0. The van der Waals surface area contributed by atoms with Crippen molar-refractivity contribution in [2.45, 2.75) is 39.3 Å². The van der Waals surface area contributed by atoms with Gasteiger partial charge in [0, 0.05) is 18.4 Å². The summed E-state index contributed by atoms with van der Waals surface area (Å²) in [7, 11) is 2.99. The number of carbonyl (C=O) groups excluding carboxylic acids is 2. The second kappa shape index (κ2) is 7.15. The molecule has 122 valence electrons. The summed E-state index contributed by atoms with van der Waals surface area (Å²) in [6.07, 6.45) is -0.420. The number of nitrogens with zero attached hydrogens (tertiary/aromatic N) is 1. The molecule has 0 saturated heterocycles. The third-order valence-corrected chi connectivity index (χ3v) is 2.86. The smallest absolute Gasteiger partial charge is 0.414 e. The van der Waals surface area contributed by atoms with Crippen molar-refractivity contribution in [1.82, 2.24) is 0 Å². The van der Waals surface area contributed by atoms with Crippen molar-refractivity contribution < 1.29 is 19.1 Å². The molecule has 0 spiro atoms. The van der Waals surface area contributed by atoms with Crippen molar-refractivity contribution in [3.63, 3.8) is 0 Å². The molecule has 0 fully saturated rings. The SMILES string of the molecule is COC(=O)[C@H](C)Nc1ccc(N(C)C(=O)OC(C)(C)C)cc1. The number of carbonyl (C=O) groups is 2. The molecule has 0 bridgehead atoms. The number of nitrogens with one attached hydrogen (secondary N) is 1. The molecule has 1 aromatic rings. The maximum Gasteiger partial charge on any atom is 0.414 e. The molecule has 1 amide bonds. The molecule has 0 unspecified atom stereocenters. The Balaban J connectivity index is 2.72. The Bertz CT molecular complexity index is 520. The standard InChI is InChI=1S/C16H24N2O4/c1-11(14(19)21-6)17-12-7-9-13(10-8-12)18(5)15(20)22-16(2,3)4/h7-11,17H,1-6H3/t11-/m0/s1. The molecule has 0 aromatic heterocycles. The normalized spacial score (nSPS) is 12.3. The summed E-state index contributed by atoms with van der Waals surface area (Å²) in [6, 6.07) is 6.68. The minimum absolute atomic E-state index is 0.338. The molecule has 1 rings (SSSR count). The van der Waals surface area contributed by atoms with Crippen LogP contribution in [0.5, 0.6) is 0 Å². The average molecular weight is 308 g/mol. The Morgan fingerprint density at radius 3 is 2.18 bits per heavy atom. The third-order valence-electron chi connectivity index (χ3n) is 2.86. The van der Waals surface area contributed by atoms with Crippen LogP contribution < -0.4 is 10.2 Å². The average Bonchev–Trinajstić information content (AvgIpc) is 2.44. The number of anilines is 2. The van der Waals surface area contributed by atoms with Crippen molar-refractivity contribution in [2.75, 3.05) is 24.4 Å². The fourth-order valence-electron chi connectivity index (χ4n) is 1.70. The van der Waals surface area contributed by atoms with Gasteiger partial charge in [0.25, 0.3) is 0 Å². The first-order valence-corrected chi connectivity index (χ1v) is 7.05. The monoisotopic (exact) mass is 308 g/mol. The highest BCUT2D eigenvalue weighted by molar-refractivity contribution is 5.87. The van der Waals surface area contributed by atoms with Gasteiger partial charge in [-0.2, -0.15) is 0 Å². The number of hydrogen-bond acceptors (Lipinski definition) is 5. The van der Waals surface area contributed by atoms with Crippen LogP contribution >= 0.6 is 0 Å². The Labute approximate surface area is 131 Å². The van der Waals surface area contributed by atoms with Gasteiger partial charge in [-0.1, -0.05) is 0 Å². The zero-order valence-corrected chi connectivity index (χ0v) is 14.0. The summed E-state index contributed by atoms with van der Waals surface area (Å²) in [5.74, 6) is -0.338. The van der Waals surface area contributed by atoms with E-state index in [-0.39, 0.29) is 5.97 Å². The van der Waals surface area contributed by atoms with Crippen LogP contribution in [0.25, 0.3) is 0 Å². The van der Waals surface area contributed by atoms with Crippen LogP contribution in [-0.2, 0) is 14.3 Å². The summed E-state index contributed by atoms with van der Waals surface area (Å²) in [6.45, 7) is 7.17. The van der Waals surface area contributed by atoms with Crippen molar-refractivity contribution >= 4 is 23.4 Å². The van der Waals surface area contributed by atoms with Gasteiger partial charge in [0.2, 0.25) is 0 Å². The largest absolute Gasteiger partial charge is 0.467 e. The van der Waals surface area contributed by atoms with Crippen LogP contribution in [0, 0.1) is 0 Å². The topological polar surface area (TPSA) is 67.9 Å². The fraction of sp³-hybridized carbons (Fsp3) is 0.500. The first kappa shape index (κ1) is 17.8. The highest BCUT2D eigenvalue weighted by atomic mass is 16.6. The first-order valence-electron chi connectivity index (χ1n) is 7.05. The molecular formula is C16H24N2O4. The Kier molecular flexibility index (Phi) is 5.79. The highest BCUT2D eigenvalue weighted by Gasteiger charge is 2.20. The molecule has 1 aromatic carbocycles. The Morgan fingerprint density at radius 1 is 1.18 bits per heavy atom. The minimum Gasteiger partial charge on any atom is -0.467 e. The first-order chi connectivity index (χ1) is 10.1. The molecule has 22 heavy (non-hydrogen) atoms. The predicted octanol–water partition coefficient (Wildman–Crippen LogP) is 3.03. The second-order valence-electron chi connectivity index (χ2n) is 5.98. The number of esters is 1. The van der Waals surface area contributed by atoms with Gasteiger partial charge < -0.3 is 14.8 Å². The molecule has 0 heterocycles. The van der Waals surface area contributed by atoms with E-state index in [0.717, 1.165) is 5.69 Å². The van der Waals surface area contributed by atoms with Gasteiger partial charge >= 0.3 is 12.1 Å². The number of benzene rings is 1. The van der Waals surface area contributed by atoms with Crippen LogP contribution in [-0.4, -0.2) is 37.9 Å². The van der Waals surface area contributed by atoms with E-state index in [2.05, 4.69) is 10.1 Å². The number of ether oxygens (including phenoxy) is 2.